The van der Waals surface area contributed by atoms with E-state index in [4.69, 9.17) is 23.1 Å². The van der Waals surface area contributed by atoms with Crippen LogP contribution >= 0.6 is 23.4 Å². The van der Waals surface area contributed by atoms with E-state index < -0.39 is 0 Å². The first-order valence-electron chi connectivity index (χ1n) is 11.1. The standard InChI is InChI=1S/C24H28ClN7S/c1-31(2)22-19(25)17(7-10-28-22)33-23-21(27)30-18(14-29-23)32-11-8-24(9-12-32)13-15-5-3-4-6-16(15)20(24)26/h3-7,10,14,20H,8-9,11-13,26H2,1-2H3,(H2,27,30)/t20-/m1/s1. The molecule has 33 heavy (non-hydrogen) atoms. The Morgan fingerprint density at radius 2 is 1.91 bits per heavy atom. The Balaban J connectivity index is 1.29. The van der Waals surface area contributed by atoms with E-state index in [1.54, 1.807) is 6.20 Å². The van der Waals surface area contributed by atoms with Crippen molar-refractivity contribution in [1.29, 1.82) is 0 Å². The van der Waals surface area contributed by atoms with Crippen LogP contribution in [0.1, 0.15) is 30.0 Å². The van der Waals surface area contributed by atoms with Gasteiger partial charge in [0.2, 0.25) is 0 Å². The van der Waals surface area contributed by atoms with Crippen molar-refractivity contribution in [2.75, 3.05) is 42.7 Å². The molecule has 7 nitrogen and oxygen atoms in total. The highest BCUT2D eigenvalue weighted by molar-refractivity contribution is 7.99. The number of anilines is 3. The second-order valence-corrected chi connectivity index (χ2v) is 10.5. The predicted octanol–water partition coefficient (Wildman–Crippen LogP) is 4.17. The van der Waals surface area contributed by atoms with Gasteiger partial charge < -0.3 is 21.3 Å². The maximum atomic E-state index is 6.71. The second-order valence-electron chi connectivity index (χ2n) is 9.06. The third kappa shape index (κ3) is 4.00. The van der Waals surface area contributed by atoms with Crippen LogP contribution in [0.3, 0.4) is 0 Å². The minimum atomic E-state index is 0.1000. The smallest absolute Gasteiger partial charge is 0.158 e. The van der Waals surface area contributed by atoms with Gasteiger partial charge in [-0.05, 0) is 41.9 Å². The number of aromatic nitrogens is 3. The number of nitrogen functional groups attached to an aromatic ring is 1. The Morgan fingerprint density at radius 3 is 2.61 bits per heavy atom. The molecule has 1 fully saturated rings. The summed E-state index contributed by atoms with van der Waals surface area (Å²) in [5.74, 6) is 1.92. The van der Waals surface area contributed by atoms with E-state index in [1.165, 1.54) is 22.9 Å². The van der Waals surface area contributed by atoms with Crippen molar-refractivity contribution < 1.29 is 0 Å². The Morgan fingerprint density at radius 1 is 1.15 bits per heavy atom. The first-order chi connectivity index (χ1) is 15.9. The SMILES string of the molecule is CN(C)c1nccc(Sc2ncc(N3CCC4(CC3)Cc3ccccc3[C@H]4N)nc2N)c1Cl. The molecule has 1 aromatic carbocycles. The van der Waals surface area contributed by atoms with Gasteiger partial charge in [-0.2, -0.15) is 0 Å². The van der Waals surface area contributed by atoms with Crippen molar-refractivity contribution in [2.45, 2.75) is 35.2 Å². The summed E-state index contributed by atoms with van der Waals surface area (Å²) in [4.78, 5) is 18.6. The number of piperidine rings is 1. The van der Waals surface area contributed by atoms with Crippen LogP contribution in [-0.2, 0) is 6.42 Å². The van der Waals surface area contributed by atoms with Gasteiger partial charge in [-0.15, -0.1) is 0 Å². The molecule has 2 aliphatic rings. The lowest BCUT2D eigenvalue weighted by Gasteiger charge is -2.42. The third-order valence-electron chi connectivity index (χ3n) is 6.89. The van der Waals surface area contributed by atoms with Gasteiger partial charge in [0, 0.05) is 44.3 Å². The molecule has 1 aliphatic heterocycles. The van der Waals surface area contributed by atoms with Crippen molar-refractivity contribution in [3.8, 4) is 0 Å². The van der Waals surface area contributed by atoms with Gasteiger partial charge in [0.1, 0.15) is 16.7 Å². The van der Waals surface area contributed by atoms with Gasteiger partial charge in [0.15, 0.2) is 5.82 Å². The molecule has 172 valence electrons. The van der Waals surface area contributed by atoms with Crippen LogP contribution in [-0.4, -0.2) is 42.1 Å². The van der Waals surface area contributed by atoms with Crippen molar-refractivity contribution >= 4 is 40.8 Å². The molecule has 0 bridgehead atoms. The van der Waals surface area contributed by atoms with E-state index in [0.29, 0.717) is 21.7 Å². The largest absolute Gasteiger partial charge is 0.381 e. The second kappa shape index (κ2) is 8.66. The number of halogens is 1. The summed E-state index contributed by atoms with van der Waals surface area (Å²) < 4.78 is 0. The van der Waals surface area contributed by atoms with E-state index in [1.807, 2.05) is 31.3 Å². The van der Waals surface area contributed by atoms with Crippen molar-refractivity contribution in [3.63, 3.8) is 0 Å². The molecule has 3 aromatic rings. The number of nitrogens with zero attached hydrogens (tertiary/aromatic N) is 5. The monoisotopic (exact) mass is 481 g/mol. The summed E-state index contributed by atoms with van der Waals surface area (Å²) in [6.07, 6.45) is 6.66. The molecule has 0 saturated carbocycles. The van der Waals surface area contributed by atoms with Crippen molar-refractivity contribution in [1.82, 2.24) is 15.0 Å². The van der Waals surface area contributed by atoms with Crippen LogP contribution in [0, 0.1) is 5.41 Å². The minimum absolute atomic E-state index is 0.1000. The van der Waals surface area contributed by atoms with Gasteiger partial charge in [-0.1, -0.05) is 47.6 Å². The molecule has 1 saturated heterocycles. The van der Waals surface area contributed by atoms with Crippen LogP contribution in [0.2, 0.25) is 5.02 Å². The molecule has 5 rings (SSSR count). The molecule has 0 amide bonds. The van der Waals surface area contributed by atoms with Crippen LogP contribution in [0.4, 0.5) is 17.5 Å². The molecule has 0 radical (unpaired) electrons. The van der Waals surface area contributed by atoms with Crippen LogP contribution in [0.25, 0.3) is 0 Å². The van der Waals surface area contributed by atoms with Gasteiger partial charge in [-0.25, -0.2) is 15.0 Å². The first-order valence-corrected chi connectivity index (χ1v) is 12.3. The van der Waals surface area contributed by atoms with E-state index >= 15 is 0 Å². The van der Waals surface area contributed by atoms with Crippen molar-refractivity contribution in [3.05, 3.63) is 58.9 Å². The van der Waals surface area contributed by atoms with Gasteiger partial charge >= 0.3 is 0 Å². The maximum absolute atomic E-state index is 6.71. The number of rotatable bonds is 4. The molecule has 3 heterocycles. The highest BCUT2D eigenvalue weighted by atomic mass is 35.5. The van der Waals surface area contributed by atoms with Crippen LogP contribution < -0.4 is 21.3 Å². The predicted molar refractivity (Wildman–Crippen MR) is 135 cm³/mol. The highest BCUT2D eigenvalue weighted by Crippen LogP contribution is 2.51. The van der Waals surface area contributed by atoms with Gasteiger partial charge in [-0.3, -0.25) is 0 Å². The molecular formula is C24H28ClN7S. The quantitative estimate of drug-likeness (QED) is 0.573. The van der Waals surface area contributed by atoms with E-state index in [-0.39, 0.29) is 11.5 Å². The molecule has 1 aliphatic carbocycles. The van der Waals surface area contributed by atoms with Crippen LogP contribution in [0.15, 0.2) is 52.6 Å². The third-order valence-corrected chi connectivity index (χ3v) is 8.45. The fraction of sp³-hybridized carbons (Fsp3) is 0.375. The molecule has 0 unspecified atom stereocenters. The van der Waals surface area contributed by atoms with E-state index in [2.05, 4.69) is 44.1 Å². The van der Waals surface area contributed by atoms with Crippen LogP contribution in [0.5, 0.6) is 0 Å². The zero-order chi connectivity index (χ0) is 23.2. The van der Waals surface area contributed by atoms with Gasteiger partial charge in [0.25, 0.3) is 0 Å². The molecule has 1 spiro atoms. The first kappa shape index (κ1) is 22.3. The Labute approximate surface area is 203 Å². The number of benzene rings is 1. The maximum Gasteiger partial charge on any atom is 0.158 e. The fourth-order valence-electron chi connectivity index (χ4n) is 5.01. The average molecular weight is 482 g/mol. The molecule has 2 aromatic heterocycles. The fourth-order valence-corrected chi connectivity index (χ4v) is 6.18. The lowest BCUT2D eigenvalue weighted by Crippen LogP contribution is -2.44. The normalized spacial score (nSPS) is 19.0. The van der Waals surface area contributed by atoms with E-state index in [0.717, 1.165) is 43.1 Å². The topological polar surface area (TPSA) is 97.2 Å². The zero-order valence-corrected chi connectivity index (χ0v) is 20.4. The summed E-state index contributed by atoms with van der Waals surface area (Å²) in [7, 11) is 3.82. The lowest BCUT2D eigenvalue weighted by molar-refractivity contribution is 0.187. The summed E-state index contributed by atoms with van der Waals surface area (Å²) >= 11 is 7.94. The zero-order valence-electron chi connectivity index (χ0n) is 18.8. The molecule has 1 atom stereocenters. The molecular weight excluding hydrogens is 454 g/mol. The number of nitrogens with two attached hydrogens (primary N) is 2. The Hall–Kier alpha value is -2.55. The Bertz CT molecular complexity index is 1180. The molecule has 9 heteroatoms. The highest BCUT2D eigenvalue weighted by Gasteiger charge is 2.45. The number of fused-ring (bicyclic) bond motifs is 1. The number of hydrogen-bond donors (Lipinski definition) is 2. The number of hydrogen-bond acceptors (Lipinski definition) is 8. The summed E-state index contributed by atoms with van der Waals surface area (Å²) in [6, 6.07) is 10.6. The Kier molecular flexibility index (Phi) is 5.84. The number of pyridine rings is 1. The van der Waals surface area contributed by atoms with E-state index in [9.17, 15) is 0 Å². The summed E-state index contributed by atoms with van der Waals surface area (Å²) in [5, 5.41) is 1.21. The average Bonchev–Trinajstić information content (AvgIpc) is 3.08. The van der Waals surface area contributed by atoms with Gasteiger partial charge in [0.05, 0.1) is 11.2 Å². The summed E-state index contributed by atoms with van der Waals surface area (Å²) in [5.41, 5.74) is 15.9. The lowest BCUT2D eigenvalue weighted by atomic mass is 9.73. The summed E-state index contributed by atoms with van der Waals surface area (Å²) in [6.45, 7) is 1.79. The minimum Gasteiger partial charge on any atom is -0.381 e. The van der Waals surface area contributed by atoms with Crippen molar-refractivity contribution in [2.24, 2.45) is 11.1 Å². The molecule has 4 N–H and O–H groups in total.